The van der Waals surface area contributed by atoms with Gasteiger partial charge in [-0.2, -0.15) is 0 Å². The number of rotatable bonds is 6. The zero-order valence-electron chi connectivity index (χ0n) is 10.5. The second-order valence-corrected chi connectivity index (χ2v) is 4.95. The van der Waals surface area contributed by atoms with E-state index in [1.807, 2.05) is 18.2 Å². The molecule has 0 fully saturated rings. The number of esters is 1. The molecule has 0 saturated carbocycles. The van der Waals surface area contributed by atoms with Crippen LogP contribution in [0.2, 0.25) is 0 Å². The van der Waals surface area contributed by atoms with E-state index in [1.54, 1.807) is 19.1 Å². The first-order valence-electron chi connectivity index (χ1n) is 5.92. The van der Waals surface area contributed by atoms with Crippen LogP contribution < -0.4 is 0 Å². The fourth-order valence-corrected chi connectivity index (χ4v) is 1.93. The number of carbonyl (C=O) groups excluding carboxylic acids is 1. The van der Waals surface area contributed by atoms with Gasteiger partial charge in [0.15, 0.2) is 0 Å². The van der Waals surface area contributed by atoms with Crippen molar-refractivity contribution in [3.8, 4) is 0 Å². The van der Waals surface area contributed by atoms with E-state index in [4.69, 9.17) is 27.9 Å². The van der Waals surface area contributed by atoms with Crippen LogP contribution in [0.25, 0.3) is 0 Å². The molecular weight excluding hydrogens is 290 g/mol. The van der Waals surface area contributed by atoms with Gasteiger partial charge in [-0.1, -0.05) is 53.5 Å². The summed E-state index contributed by atoms with van der Waals surface area (Å²) in [6, 6.07) is 9.05. The van der Waals surface area contributed by atoms with Gasteiger partial charge in [0.2, 0.25) is 0 Å². The van der Waals surface area contributed by atoms with E-state index in [0.717, 1.165) is 5.56 Å². The summed E-state index contributed by atoms with van der Waals surface area (Å²) in [6.45, 7) is 1.84. The maximum atomic E-state index is 14.2. The molecule has 0 N–H and O–H groups in total. The van der Waals surface area contributed by atoms with Gasteiger partial charge >= 0.3 is 5.97 Å². The highest BCUT2D eigenvalue weighted by atomic mass is 35.5. The van der Waals surface area contributed by atoms with Crippen molar-refractivity contribution in [1.82, 2.24) is 0 Å². The minimum atomic E-state index is -1.44. The van der Waals surface area contributed by atoms with Crippen LogP contribution in [0.1, 0.15) is 12.5 Å². The fraction of sp³-hybridized carbons (Fsp3) is 0.357. The summed E-state index contributed by atoms with van der Waals surface area (Å²) in [5.74, 6) is -1.75. The van der Waals surface area contributed by atoms with Gasteiger partial charge in [0.1, 0.15) is 16.6 Å². The smallest absolute Gasteiger partial charge is 0.315 e. The Hall–Kier alpha value is -1.06. The molecule has 0 heterocycles. The van der Waals surface area contributed by atoms with E-state index in [1.165, 1.54) is 6.08 Å². The summed E-state index contributed by atoms with van der Waals surface area (Å²) in [5, 5.41) is 0. The summed E-state index contributed by atoms with van der Waals surface area (Å²) in [6.07, 6.45) is -0.162. The zero-order chi connectivity index (χ0) is 14.3. The van der Waals surface area contributed by atoms with Crippen molar-refractivity contribution in [3.05, 3.63) is 46.5 Å². The van der Waals surface area contributed by atoms with E-state index in [-0.39, 0.29) is 17.5 Å². The zero-order valence-corrected chi connectivity index (χ0v) is 12.0. The van der Waals surface area contributed by atoms with E-state index in [2.05, 4.69) is 0 Å². The van der Waals surface area contributed by atoms with Gasteiger partial charge in [-0.3, -0.25) is 4.79 Å². The van der Waals surface area contributed by atoms with Crippen LogP contribution in [0.15, 0.2) is 40.9 Å². The Labute approximate surface area is 122 Å². The first kappa shape index (κ1) is 16.0. The number of alkyl halides is 1. The van der Waals surface area contributed by atoms with Crippen LogP contribution in [0.4, 0.5) is 4.39 Å². The third kappa shape index (κ3) is 5.62. The van der Waals surface area contributed by atoms with Crippen LogP contribution >= 0.6 is 23.2 Å². The number of benzene rings is 1. The first-order valence-corrected chi connectivity index (χ1v) is 6.67. The van der Waals surface area contributed by atoms with Gasteiger partial charge in [0.25, 0.3) is 0 Å². The molecule has 0 bridgehead atoms. The number of hydrogen-bond donors (Lipinski definition) is 0. The fourth-order valence-electron chi connectivity index (χ4n) is 1.66. The summed E-state index contributed by atoms with van der Waals surface area (Å²) < 4.78 is 18.9. The van der Waals surface area contributed by atoms with Crippen LogP contribution in [-0.4, -0.2) is 18.7 Å². The molecule has 0 amide bonds. The normalized spacial score (nSPS) is 13.5. The summed E-state index contributed by atoms with van der Waals surface area (Å²) >= 11 is 11.0. The van der Waals surface area contributed by atoms with Crippen molar-refractivity contribution in [3.63, 3.8) is 0 Å². The lowest BCUT2D eigenvalue weighted by molar-refractivity contribution is -0.148. The van der Waals surface area contributed by atoms with Gasteiger partial charge in [0.05, 0.1) is 6.61 Å². The highest BCUT2D eigenvalue weighted by Gasteiger charge is 2.28. The third-order valence-corrected chi connectivity index (χ3v) is 2.78. The Morgan fingerprint density at radius 1 is 1.37 bits per heavy atom. The Morgan fingerprint density at radius 2 is 2.00 bits per heavy atom. The number of ether oxygens (including phenoxy) is 1. The molecule has 0 spiro atoms. The van der Waals surface area contributed by atoms with Crippen LogP contribution in [-0.2, 0) is 16.0 Å². The predicted octanol–water partition coefficient (Wildman–Crippen LogP) is 4.07. The van der Waals surface area contributed by atoms with Gasteiger partial charge < -0.3 is 4.74 Å². The molecule has 0 unspecified atom stereocenters. The maximum Gasteiger partial charge on any atom is 0.315 e. The molecule has 5 heteroatoms. The molecule has 0 saturated heterocycles. The van der Waals surface area contributed by atoms with Crippen molar-refractivity contribution in [2.24, 2.45) is 5.92 Å². The summed E-state index contributed by atoms with van der Waals surface area (Å²) in [4.78, 5) is 11.7. The molecule has 104 valence electrons. The van der Waals surface area contributed by atoms with Crippen LogP contribution in [0, 0.1) is 5.92 Å². The van der Waals surface area contributed by atoms with Crippen molar-refractivity contribution in [2.45, 2.75) is 19.5 Å². The van der Waals surface area contributed by atoms with Gasteiger partial charge in [-0.05, 0) is 18.6 Å². The minimum Gasteiger partial charge on any atom is -0.465 e. The number of carbonyl (C=O) groups is 1. The molecule has 0 aromatic heterocycles. The lowest BCUT2D eigenvalue weighted by atomic mass is 9.97. The van der Waals surface area contributed by atoms with Crippen molar-refractivity contribution >= 4 is 29.2 Å². The lowest BCUT2D eigenvalue weighted by Gasteiger charge is -2.16. The molecule has 1 aromatic carbocycles. The van der Waals surface area contributed by atoms with E-state index < -0.39 is 18.1 Å². The summed E-state index contributed by atoms with van der Waals surface area (Å²) in [7, 11) is 0. The molecule has 0 radical (unpaired) electrons. The SMILES string of the molecule is CCOC(=O)[C@@H](C=C(Cl)Cl)[C@H](F)Cc1ccccc1. The first-order chi connectivity index (χ1) is 9.04. The maximum absolute atomic E-state index is 14.2. The molecule has 1 rings (SSSR count). The molecule has 19 heavy (non-hydrogen) atoms. The van der Waals surface area contributed by atoms with E-state index >= 15 is 0 Å². The number of halogens is 3. The van der Waals surface area contributed by atoms with Crippen molar-refractivity contribution in [1.29, 1.82) is 0 Å². The Morgan fingerprint density at radius 3 is 2.53 bits per heavy atom. The second kappa shape index (κ2) is 8.18. The molecule has 0 aliphatic heterocycles. The van der Waals surface area contributed by atoms with Crippen LogP contribution in [0.5, 0.6) is 0 Å². The minimum absolute atomic E-state index is 0.0991. The Bertz CT molecular complexity index is 430. The molecule has 2 atom stereocenters. The standard InChI is InChI=1S/C14H15Cl2FO2/c1-2-19-14(18)11(9-13(15)16)12(17)8-10-6-4-3-5-7-10/h3-7,9,11-12H,2,8H2,1H3/t11-,12+/m0/s1. The highest BCUT2D eigenvalue weighted by Crippen LogP contribution is 2.21. The van der Waals surface area contributed by atoms with Crippen molar-refractivity contribution < 1.29 is 13.9 Å². The largest absolute Gasteiger partial charge is 0.465 e. The second-order valence-electron chi connectivity index (χ2n) is 3.94. The summed E-state index contributed by atoms with van der Waals surface area (Å²) in [5.41, 5.74) is 0.795. The van der Waals surface area contributed by atoms with Gasteiger partial charge in [-0.25, -0.2) is 4.39 Å². The topological polar surface area (TPSA) is 26.3 Å². The Balaban J connectivity index is 2.79. The molecule has 1 aromatic rings. The highest BCUT2D eigenvalue weighted by molar-refractivity contribution is 6.55. The third-order valence-electron chi connectivity index (χ3n) is 2.53. The molecule has 0 aliphatic rings. The van der Waals surface area contributed by atoms with Gasteiger partial charge in [-0.15, -0.1) is 0 Å². The van der Waals surface area contributed by atoms with Crippen LogP contribution in [0.3, 0.4) is 0 Å². The lowest BCUT2D eigenvalue weighted by Crippen LogP contribution is -2.27. The van der Waals surface area contributed by atoms with Crippen molar-refractivity contribution in [2.75, 3.05) is 6.61 Å². The monoisotopic (exact) mass is 304 g/mol. The van der Waals surface area contributed by atoms with E-state index in [9.17, 15) is 9.18 Å². The predicted molar refractivity (Wildman–Crippen MR) is 75.0 cm³/mol. The number of hydrogen-bond acceptors (Lipinski definition) is 2. The average molecular weight is 305 g/mol. The molecule has 2 nitrogen and oxygen atoms in total. The van der Waals surface area contributed by atoms with E-state index in [0.29, 0.717) is 0 Å². The van der Waals surface area contributed by atoms with Gasteiger partial charge in [0, 0.05) is 6.42 Å². The molecular formula is C14H15Cl2FO2. The quantitative estimate of drug-likeness (QED) is 0.741. The average Bonchev–Trinajstić information content (AvgIpc) is 2.37. The Kier molecular flexibility index (Phi) is 6.89. The molecule has 0 aliphatic carbocycles.